The second-order valence-electron chi connectivity index (χ2n) is 5.74. The Morgan fingerprint density at radius 1 is 1.15 bits per heavy atom. The van der Waals surface area contributed by atoms with E-state index in [-0.39, 0.29) is 22.6 Å². The highest BCUT2D eigenvalue weighted by atomic mass is 79.9. The molecule has 2 N–H and O–H groups in total. The van der Waals surface area contributed by atoms with E-state index in [9.17, 15) is 21.6 Å². The van der Waals surface area contributed by atoms with Gasteiger partial charge in [0.2, 0.25) is 10.0 Å². The molecule has 0 atom stereocenters. The van der Waals surface area contributed by atoms with Crippen molar-refractivity contribution in [2.75, 3.05) is 0 Å². The maximum Gasteiger partial charge on any atom is 0.243 e. The molecule has 0 saturated heterocycles. The van der Waals surface area contributed by atoms with Gasteiger partial charge in [-0.3, -0.25) is 0 Å². The largest absolute Gasteiger partial charge is 0.357 e. The molecule has 0 aliphatic rings. The van der Waals surface area contributed by atoms with Gasteiger partial charge >= 0.3 is 0 Å². The summed E-state index contributed by atoms with van der Waals surface area (Å²) in [6, 6.07) is 6.65. The molecule has 0 unspecified atom stereocenters. The molecule has 0 bridgehead atoms. The normalized spacial score (nSPS) is 11.8. The second-order valence-corrected chi connectivity index (χ2v) is 8.09. The van der Waals surface area contributed by atoms with E-state index in [2.05, 4.69) is 21.1 Å². The lowest BCUT2D eigenvalue weighted by Crippen LogP contribution is -2.16. The van der Waals surface area contributed by atoms with Crippen LogP contribution in [0.2, 0.25) is 0 Å². The summed E-state index contributed by atoms with van der Waals surface area (Å²) >= 11 is 3.36. The molecule has 2 aromatic carbocycles. The standard InChI is InChI=1S/C17H12BrF3N2O3S/c1-8-4-9(2-3-11(8)18)16-15(14(7-19)26-23-16)10-5-12(20)17(13(21)6-10)27(22,24)25/h2-6H,7H2,1H3,(H2,22,24,25). The molecule has 0 amide bonds. The number of rotatable bonds is 4. The van der Waals surface area contributed by atoms with Gasteiger partial charge in [0.1, 0.15) is 17.3 Å². The van der Waals surface area contributed by atoms with E-state index in [1.54, 1.807) is 18.2 Å². The summed E-state index contributed by atoms with van der Waals surface area (Å²) in [5, 5.41) is 8.65. The summed E-state index contributed by atoms with van der Waals surface area (Å²) in [4.78, 5) is -1.26. The number of alkyl halides is 1. The van der Waals surface area contributed by atoms with Crippen molar-refractivity contribution in [1.29, 1.82) is 0 Å². The molecule has 0 spiro atoms. The van der Waals surface area contributed by atoms with E-state index >= 15 is 0 Å². The zero-order valence-corrected chi connectivity index (χ0v) is 16.2. The monoisotopic (exact) mass is 460 g/mol. The summed E-state index contributed by atoms with van der Waals surface area (Å²) in [5.41, 5.74) is 1.45. The van der Waals surface area contributed by atoms with E-state index in [0.717, 1.165) is 22.2 Å². The average molecular weight is 461 g/mol. The van der Waals surface area contributed by atoms with Crippen LogP contribution in [0.15, 0.2) is 44.2 Å². The van der Waals surface area contributed by atoms with Crippen molar-refractivity contribution in [1.82, 2.24) is 5.16 Å². The minimum Gasteiger partial charge on any atom is -0.357 e. The molecule has 0 saturated carbocycles. The number of sulfonamides is 1. The Bertz CT molecular complexity index is 1120. The minimum atomic E-state index is -4.61. The zero-order valence-electron chi connectivity index (χ0n) is 13.8. The Balaban J connectivity index is 2.26. The first-order chi connectivity index (χ1) is 12.6. The van der Waals surface area contributed by atoms with Gasteiger partial charge in [0.05, 0.1) is 5.56 Å². The number of hydrogen-bond donors (Lipinski definition) is 1. The first kappa shape index (κ1) is 19.6. The molecule has 3 aromatic rings. The first-order valence-electron chi connectivity index (χ1n) is 7.46. The van der Waals surface area contributed by atoms with Gasteiger partial charge in [-0.05, 0) is 42.3 Å². The molecular weight excluding hydrogens is 449 g/mol. The van der Waals surface area contributed by atoms with Crippen LogP contribution in [0.4, 0.5) is 13.2 Å². The summed E-state index contributed by atoms with van der Waals surface area (Å²) in [6.45, 7) is 0.752. The Hall–Kier alpha value is -2.17. The van der Waals surface area contributed by atoms with Gasteiger partial charge in [-0.25, -0.2) is 26.7 Å². The number of hydrogen-bond acceptors (Lipinski definition) is 4. The van der Waals surface area contributed by atoms with Gasteiger partial charge in [0, 0.05) is 10.0 Å². The highest BCUT2D eigenvalue weighted by Crippen LogP contribution is 2.37. The fraction of sp³-hybridized carbons (Fsp3) is 0.118. The number of nitrogens with zero attached hydrogens (tertiary/aromatic N) is 1. The van der Waals surface area contributed by atoms with Crippen LogP contribution >= 0.6 is 15.9 Å². The van der Waals surface area contributed by atoms with Crippen LogP contribution in [0.5, 0.6) is 0 Å². The third-order valence-electron chi connectivity index (χ3n) is 3.89. The predicted octanol–water partition coefficient (Wildman–Crippen LogP) is 4.47. The highest BCUT2D eigenvalue weighted by Gasteiger charge is 2.26. The molecule has 1 heterocycles. The molecule has 0 aliphatic heterocycles. The molecule has 5 nitrogen and oxygen atoms in total. The van der Waals surface area contributed by atoms with Crippen molar-refractivity contribution in [2.45, 2.75) is 18.5 Å². The first-order valence-corrected chi connectivity index (χ1v) is 9.80. The van der Waals surface area contributed by atoms with Crippen molar-refractivity contribution in [3.05, 3.63) is 57.8 Å². The van der Waals surface area contributed by atoms with Crippen LogP contribution < -0.4 is 5.14 Å². The Kier molecular flexibility index (Phi) is 5.15. The summed E-state index contributed by atoms with van der Waals surface area (Å²) in [7, 11) is -4.61. The lowest BCUT2D eigenvalue weighted by molar-refractivity contribution is 0.332. The second kappa shape index (κ2) is 7.10. The van der Waals surface area contributed by atoms with Gasteiger partial charge in [-0.1, -0.05) is 27.2 Å². The number of halogens is 4. The molecule has 0 aliphatic carbocycles. The molecule has 3 rings (SSSR count). The zero-order chi connectivity index (χ0) is 19.9. The van der Waals surface area contributed by atoms with Gasteiger partial charge in [0.25, 0.3) is 0 Å². The Labute approximate surface area is 161 Å². The lowest BCUT2D eigenvalue weighted by Gasteiger charge is -2.08. The van der Waals surface area contributed by atoms with Crippen LogP contribution in [0.1, 0.15) is 11.3 Å². The van der Waals surface area contributed by atoms with Gasteiger partial charge < -0.3 is 4.52 Å². The number of aryl methyl sites for hydroxylation is 1. The number of primary sulfonamides is 1. The molecular formula is C17H12BrF3N2O3S. The maximum absolute atomic E-state index is 14.2. The molecule has 142 valence electrons. The van der Waals surface area contributed by atoms with Crippen molar-refractivity contribution in [3.63, 3.8) is 0 Å². The maximum atomic E-state index is 14.2. The quantitative estimate of drug-likeness (QED) is 0.621. The average Bonchev–Trinajstić information content (AvgIpc) is 2.99. The minimum absolute atomic E-state index is 0.0259. The van der Waals surface area contributed by atoms with Crippen molar-refractivity contribution < 1.29 is 26.1 Å². The predicted molar refractivity (Wildman–Crippen MR) is 95.9 cm³/mol. The molecule has 10 heteroatoms. The highest BCUT2D eigenvalue weighted by molar-refractivity contribution is 9.10. The molecule has 1 aromatic heterocycles. The molecule has 0 radical (unpaired) electrons. The van der Waals surface area contributed by atoms with Gasteiger partial charge in [-0.2, -0.15) is 0 Å². The summed E-state index contributed by atoms with van der Waals surface area (Å²) in [6.07, 6.45) is 0. The Morgan fingerprint density at radius 2 is 1.78 bits per heavy atom. The molecule has 27 heavy (non-hydrogen) atoms. The van der Waals surface area contributed by atoms with Crippen molar-refractivity contribution in [2.24, 2.45) is 5.14 Å². The van der Waals surface area contributed by atoms with E-state index in [4.69, 9.17) is 9.66 Å². The van der Waals surface area contributed by atoms with E-state index < -0.39 is 33.2 Å². The third-order valence-corrected chi connectivity index (χ3v) is 5.74. The lowest BCUT2D eigenvalue weighted by atomic mass is 9.98. The van der Waals surface area contributed by atoms with Crippen molar-refractivity contribution in [3.8, 4) is 22.4 Å². The SMILES string of the molecule is Cc1cc(-c2noc(CF)c2-c2cc(F)c(S(N)(=O)=O)c(F)c2)ccc1Br. The smallest absolute Gasteiger partial charge is 0.243 e. The number of aromatic nitrogens is 1. The Morgan fingerprint density at radius 3 is 2.30 bits per heavy atom. The van der Waals surface area contributed by atoms with Crippen LogP contribution in [0, 0.1) is 18.6 Å². The number of benzene rings is 2. The van der Waals surface area contributed by atoms with E-state index in [0.29, 0.717) is 5.56 Å². The molecule has 0 fully saturated rings. The van der Waals surface area contributed by atoms with Crippen molar-refractivity contribution >= 4 is 26.0 Å². The van der Waals surface area contributed by atoms with Crippen LogP contribution in [0.25, 0.3) is 22.4 Å². The fourth-order valence-corrected chi connectivity index (χ4v) is 3.59. The van der Waals surface area contributed by atoms with Crippen LogP contribution in [-0.2, 0) is 16.7 Å². The van der Waals surface area contributed by atoms with Crippen LogP contribution in [-0.4, -0.2) is 13.6 Å². The van der Waals surface area contributed by atoms with Gasteiger partial charge in [0.15, 0.2) is 17.3 Å². The van der Waals surface area contributed by atoms with E-state index in [1.165, 1.54) is 0 Å². The van der Waals surface area contributed by atoms with Crippen LogP contribution in [0.3, 0.4) is 0 Å². The van der Waals surface area contributed by atoms with E-state index in [1.807, 2.05) is 6.92 Å². The summed E-state index contributed by atoms with van der Waals surface area (Å²) < 4.78 is 70.4. The summed E-state index contributed by atoms with van der Waals surface area (Å²) in [5.74, 6) is -3.03. The topological polar surface area (TPSA) is 86.2 Å². The fourth-order valence-electron chi connectivity index (χ4n) is 2.68. The van der Waals surface area contributed by atoms with Gasteiger partial charge in [-0.15, -0.1) is 0 Å². The number of nitrogens with two attached hydrogens (primary N) is 1. The third kappa shape index (κ3) is 3.64.